The van der Waals surface area contributed by atoms with E-state index >= 15 is 0 Å². The number of nitrogens with zero attached hydrogens (tertiary/aromatic N) is 1. The maximum absolute atomic E-state index is 11.6. The molecule has 0 aromatic rings. The third-order valence-electron chi connectivity index (χ3n) is 2.64. The molecular formula is C11H21NO3. The van der Waals surface area contributed by atoms with Gasteiger partial charge in [0.15, 0.2) is 0 Å². The number of carbonyl (C=O) groups is 1. The predicted octanol–water partition coefficient (Wildman–Crippen LogP) is 1.05. The fourth-order valence-electron chi connectivity index (χ4n) is 1.77. The molecule has 1 aliphatic rings. The molecule has 1 amide bonds. The van der Waals surface area contributed by atoms with Crippen LogP contribution in [0.25, 0.3) is 0 Å². The molecule has 0 spiro atoms. The zero-order chi connectivity index (χ0) is 11.1. The minimum Gasteiger partial charge on any atom is -0.375 e. The molecule has 88 valence electrons. The maximum atomic E-state index is 11.6. The molecule has 1 saturated heterocycles. The van der Waals surface area contributed by atoms with E-state index in [-0.39, 0.29) is 18.6 Å². The molecule has 0 bridgehead atoms. The summed E-state index contributed by atoms with van der Waals surface area (Å²) in [5.74, 6) is 0.0716. The average molecular weight is 215 g/mol. The first kappa shape index (κ1) is 12.5. The number of methoxy groups -OCH3 is 1. The first-order chi connectivity index (χ1) is 7.27. The SMILES string of the molecule is CCCC[C@H]1CN(C(=O)COC)CCO1. The number of hydrogen-bond donors (Lipinski definition) is 0. The van der Waals surface area contributed by atoms with Crippen molar-refractivity contribution in [2.45, 2.75) is 32.3 Å². The monoisotopic (exact) mass is 215 g/mol. The Morgan fingerprint density at radius 1 is 1.60 bits per heavy atom. The van der Waals surface area contributed by atoms with Gasteiger partial charge in [-0.05, 0) is 6.42 Å². The van der Waals surface area contributed by atoms with Gasteiger partial charge in [0.05, 0.1) is 12.7 Å². The summed E-state index contributed by atoms with van der Waals surface area (Å²) in [5, 5.41) is 0. The van der Waals surface area contributed by atoms with Crippen LogP contribution in [0.1, 0.15) is 26.2 Å². The largest absolute Gasteiger partial charge is 0.375 e. The molecule has 1 aliphatic heterocycles. The van der Waals surface area contributed by atoms with E-state index in [4.69, 9.17) is 9.47 Å². The van der Waals surface area contributed by atoms with Crippen LogP contribution in [0.2, 0.25) is 0 Å². The first-order valence-electron chi connectivity index (χ1n) is 5.66. The van der Waals surface area contributed by atoms with E-state index in [1.807, 2.05) is 4.90 Å². The first-order valence-corrected chi connectivity index (χ1v) is 5.66. The van der Waals surface area contributed by atoms with Gasteiger partial charge in [0, 0.05) is 20.2 Å². The number of hydrogen-bond acceptors (Lipinski definition) is 3. The third kappa shape index (κ3) is 4.18. The Labute approximate surface area is 91.5 Å². The van der Waals surface area contributed by atoms with Gasteiger partial charge in [-0.25, -0.2) is 0 Å². The number of morpholine rings is 1. The van der Waals surface area contributed by atoms with E-state index in [2.05, 4.69) is 6.92 Å². The summed E-state index contributed by atoms with van der Waals surface area (Å²) >= 11 is 0. The highest BCUT2D eigenvalue weighted by Gasteiger charge is 2.23. The standard InChI is InChI=1S/C11H21NO3/c1-3-4-5-10-8-12(6-7-15-10)11(13)9-14-2/h10H,3-9H2,1-2H3/t10-/m0/s1. The molecule has 0 N–H and O–H groups in total. The van der Waals surface area contributed by atoms with E-state index in [9.17, 15) is 4.79 Å². The molecule has 0 radical (unpaired) electrons. The minimum absolute atomic E-state index is 0.0716. The summed E-state index contributed by atoms with van der Waals surface area (Å²) in [7, 11) is 1.55. The van der Waals surface area contributed by atoms with Crippen LogP contribution in [0.3, 0.4) is 0 Å². The van der Waals surface area contributed by atoms with Crippen molar-refractivity contribution in [1.29, 1.82) is 0 Å². The summed E-state index contributed by atoms with van der Waals surface area (Å²) < 4.78 is 10.4. The lowest BCUT2D eigenvalue weighted by Gasteiger charge is -2.32. The lowest BCUT2D eigenvalue weighted by Crippen LogP contribution is -2.46. The van der Waals surface area contributed by atoms with E-state index in [0.29, 0.717) is 13.2 Å². The van der Waals surface area contributed by atoms with Crippen LogP contribution in [0.15, 0.2) is 0 Å². The summed E-state index contributed by atoms with van der Waals surface area (Å²) in [5.41, 5.74) is 0. The third-order valence-corrected chi connectivity index (χ3v) is 2.64. The number of unbranched alkanes of at least 4 members (excludes halogenated alkanes) is 1. The van der Waals surface area contributed by atoms with Crippen molar-refractivity contribution in [2.75, 3.05) is 33.4 Å². The Morgan fingerprint density at radius 3 is 3.07 bits per heavy atom. The van der Waals surface area contributed by atoms with Gasteiger partial charge in [-0.3, -0.25) is 4.79 Å². The Hall–Kier alpha value is -0.610. The van der Waals surface area contributed by atoms with Gasteiger partial charge in [0.1, 0.15) is 6.61 Å². The number of rotatable bonds is 5. The highest BCUT2D eigenvalue weighted by Crippen LogP contribution is 2.11. The summed E-state index contributed by atoms with van der Waals surface area (Å²) in [4.78, 5) is 13.4. The van der Waals surface area contributed by atoms with E-state index < -0.39 is 0 Å². The average Bonchev–Trinajstić information content (AvgIpc) is 2.27. The summed E-state index contributed by atoms with van der Waals surface area (Å²) in [6.07, 6.45) is 3.61. The molecular weight excluding hydrogens is 194 g/mol. The van der Waals surface area contributed by atoms with Gasteiger partial charge in [0.25, 0.3) is 0 Å². The number of amides is 1. The molecule has 0 aliphatic carbocycles. The van der Waals surface area contributed by atoms with Crippen LogP contribution < -0.4 is 0 Å². The molecule has 1 fully saturated rings. The van der Waals surface area contributed by atoms with E-state index in [1.54, 1.807) is 7.11 Å². The molecule has 0 aromatic heterocycles. The zero-order valence-electron chi connectivity index (χ0n) is 9.70. The predicted molar refractivity (Wildman–Crippen MR) is 57.7 cm³/mol. The Bertz CT molecular complexity index is 196. The molecule has 1 atom stereocenters. The van der Waals surface area contributed by atoms with Crippen LogP contribution in [-0.2, 0) is 14.3 Å². The van der Waals surface area contributed by atoms with Gasteiger partial charge in [-0.2, -0.15) is 0 Å². The van der Waals surface area contributed by atoms with Crippen molar-refractivity contribution < 1.29 is 14.3 Å². The topological polar surface area (TPSA) is 38.8 Å². The van der Waals surface area contributed by atoms with Crippen molar-refractivity contribution in [3.63, 3.8) is 0 Å². The molecule has 0 unspecified atom stereocenters. The highest BCUT2D eigenvalue weighted by molar-refractivity contribution is 5.77. The maximum Gasteiger partial charge on any atom is 0.248 e. The molecule has 4 nitrogen and oxygen atoms in total. The fourth-order valence-corrected chi connectivity index (χ4v) is 1.77. The summed E-state index contributed by atoms with van der Waals surface area (Å²) in [6.45, 7) is 4.42. The summed E-state index contributed by atoms with van der Waals surface area (Å²) in [6, 6.07) is 0. The Balaban J connectivity index is 2.31. The van der Waals surface area contributed by atoms with Crippen molar-refractivity contribution in [2.24, 2.45) is 0 Å². The van der Waals surface area contributed by atoms with Crippen molar-refractivity contribution in [3.8, 4) is 0 Å². The molecule has 15 heavy (non-hydrogen) atoms. The second-order valence-corrected chi connectivity index (χ2v) is 3.91. The van der Waals surface area contributed by atoms with Crippen LogP contribution in [0, 0.1) is 0 Å². The fraction of sp³-hybridized carbons (Fsp3) is 0.909. The smallest absolute Gasteiger partial charge is 0.248 e. The second-order valence-electron chi connectivity index (χ2n) is 3.91. The van der Waals surface area contributed by atoms with Gasteiger partial charge in [-0.1, -0.05) is 19.8 Å². The van der Waals surface area contributed by atoms with E-state index in [1.165, 1.54) is 6.42 Å². The Morgan fingerprint density at radius 2 is 2.40 bits per heavy atom. The van der Waals surface area contributed by atoms with Crippen LogP contribution in [-0.4, -0.2) is 50.3 Å². The van der Waals surface area contributed by atoms with Crippen LogP contribution in [0.5, 0.6) is 0 Å². The molecule has 4 heteroatoms. The van der Waals surface area contributed by atoms with Gasteiger partial charge < -0.3 is 14.4 Å². The molecule has 0 aromatic carbocycles. The lowest BCUT2D eigenvalue weighted by molar-refractivity contribution is -0.142. The normalized spacial score (nSPS) is 21.7. The van der Waals surface area contributed by atoms with Gasteiger partial charge >= 0.3 is 0 Å². The van der Waals surface area contributed by atoms with Crippen molar-refractivity contribution >= 4 is 5.91 Å². The van der Waals surface area contributed by atoms with Crippen LogP contribution >= 0.6 is 0 Å². The second kappa shape index (κ2) is 6.80. The molecule has 1 heterocycles. The highest BCUT2D eigenvalue weighted by atomic mass is 16.5. The van der Waals surface area contributed by atoms with Crippen LogP contribution in [0.4, 0.5) is 0 Å². The van der Waals surface area contributed by atoms with E-state index in [0.717, 1.165) is 19.4 Å². The van der Waals surface area contributed by atoms with Gasteiger partial charge in [-0.15, -0.1) is 0 Å². The number of carbonyl (C=O) groups excluding carboxylic acids is 1. The number of ether oxygens (including phenoxy) is 2. The zero-order valence-corrected chi connectivity index (χ0v) is 9.70. The minimum atomic E-state index is 0.0716. The molecule has 0 saturated carbocycles. The van der Waals surface area contributed by atoms with Gasteiger partial charge in [0.2, 0.25) is 5.91 Å². The van der Waals surface area contributed by atoms with Crippen molar-refractivity contribution in [3.05, 3.63) is 0 Å². The van der Waals surface area contributed by atoms with Crippen molar-refractivity contribution in [1.82, 2.24) is 4.90 Å². The Kier molecular flexibility index (Phi) is 5.65. The lowest BCUT2D eigenvalue weighted by atomic mass is 10.1. The quantitative estimate of drug-likeness (QED) is 0.688. The molecule has 1 rings (SSSR count).